The van der Waals surface area contributed by atoms with Gasteiger partial charge in [-0.1, -0.05) is 67.2 Å². The smallest absolute Gasteiger partial charge is 0.208 e. The number of rotatable bonds is 6. The minimum Gasteiger partial charge on any atom is -0.208 e. The number of hydrogen-bond donors (Lipinski definition) is 0. The third-order valence-electron chi connectivity index (χ3n) is 2.97. The lowest BCUT2D eigenvalue weighted by molar-refractivity contribution is 0.407. The molecule has 0 atom stereocenters. The summed E-state index contributed by atoms with van der Waals surface area (Å²) < 4.78 is 25.7. The zero-order valence-electron chi connectivity index (χ0n) is 11.1. The molecule has 0 aromatic heterocycles. The van der Waals surface area contributed by atoms with Crippen LogP contribution in [0.5, 0.6) is 0 Å². The van der Waals surface area contributed by atoms with Crippen LogP contribution in [0, 0.1) is 0 Å². The van der Waals surface area contributed by atoms with E-state index in [9.17, 15) is 8.42 Å². The molecule has 0 radical (unpaired) electrons. The lowest BCUT2D eigenvalue weighted by atomic mass is 10.2. The first-order valence-electron chi connectivity index (χ1n) is 6.32. The molecule has 0 saturated carbocycles. The molecule has 3 nitrogen and oxygen atoms in total. The Labute approximate surface area is 120 Å². The molecule has 0 unspecified atom stereocenters. The van der Waals surface area contributed by atoms with Crippen molar-refractivity contribution in [1.82, 2.24) is 4.31 Å². The molecule has 0 fully saturated rings. The highest BCUT2D eigenvalue weighted by atomic mass is 32.2. The fourth-order valence-electron chi connectivity index (χ4n) is 1.92. The molecule has 0 spiro atoms. The Hall–Kier alpha value is -1.91. The summed E-state index contributed by atoms with van der Waals surface area (Å²) in [6.07, 6.45) is 0. The third kappa shape index (κ3) is 3.79. The van der Waals surface area contributed by atoms with Crippen LogP contribution in [0.3, 0.4) is 0 Å². The standard InChI is InChI=1S/C16H17NO2S/c1-2-20(18,19)17(13-15-9-5-3-6-10-15)14-16-11-7-4-8-12-16/h2-12H,1,13-14H2. The fourth-order valence-corrected chi connectivity index (χ4v) is 2.78. The Morgan fingerprint density at radius 2 is 1.25 bits per heavy atom. The first kappa shape index (κ1) is 14.5. The van der Waals surface area contributed by atoms with Gasteiger partial charge in [0.05, 0.1) is 0 Å². The Morgan fingerprint density at radius 1 is 0.850 bits per heavy atom. The van der Waals surface area contributed by atoms with Gasteiger partial charge in [0, 0.05) is 18.5 Å². The second kappa shape index (κ2) is 6.50. The molecule has 0 aliphatic carbocycles. The molecule has 4 heteroatoms. The molecular formula is C16H17NO2S. The maximum atomic E-state index is 12.1. The van der Waals surface area contributed by atoms with Crippen LogP contribution in [0.2, 0.25) is 0 Å². The minimum atomic E-state index is -3.46. The molecule has 0 heterocycles. The van der Waals surface area contributed by atoms with Crippen LogP contribution in [0.1, 0.15) is 11.1 Å². The highest BCUT2D eigenvalue weighted by molar-refractivity contribution is 7.91. The zero-order chi connectivity index (χ0) is 14.4. The van der Waals surface area contributed by atoms with Crippen molar-refractivity contribution in [2.24, 2.45) is 0 Å². The summed E-state index contributed by atoms with van der Waals surface area (Å²) in [5.41, 5.74) is 1.91. The van der Waals surface area contributed by atoms with Gasteiger partial charge >= 0.3 is 0 Å². The van der Waals surface area contributed by atoms with Crippen LogP contribution in [-0.4, -0.2) is 12.7 Å². The minimum absolute atomic E-state index is 0.337. The van der Waals surface area contributed by atoms with Gasteiger partial charge < -0.3 is 0 Å². The van der Waals surface area contributed by atoms with Gasteiger partial charge in [0.2, 0.25) is 10.0 Å². The SMILES string of the molecule is C=CS(=O)(=O)N(Cc1ccccc1)Cc1ccccc1. The highest BCUT2D eigenvalue weighted by Gasteiger charge is 2.19. The van der Waals surface area contributed by atoms with Crippen molar-refractivity contribution in [2.45, 2.75) is 13.1 Å². The van der Waals surface area contributed by atoms with Crippen molar-refractivity contribution in [3.05, 3.63) is 83.8 Å². The van der Waals surface area contributed by atoms with Crippen molar-refractivity contribution in [3.63, 3.8) is 0 Å². The van der Waals surface area contributed by atoms with Gasteiger partial charge in [-0.3, -0.25) is 0 Å². The molecule has 2 rings (SSSR count). The van der Waals surface area contributed by atoms with Crippen LogP contribution in [0.15, 0.2) is 72.7 Å². The Morgan fingerprint density at radius 3 is 1.60 bits per heavy atom. The molecule has 0 aliphatic rings. The number of sulfonamides is 1. The predicted molar refractivity (Wildman–Crippen MR) is 81.2 cm³/mol. The van der Waals surface area contributed by atoms with Crippen molar-refractivity contribution in [1.29, 1.82) is 0 Å². The van der Waals surface area contributed by atoms with E-state index in [4.69, 9.17) is 0 Å². The number of benzene rings is 2. The molecule has 20 heavy (non-hydrogen) atoms. The number of hydrogen-bond acceptors (Lipinski definition) is 2. The van der Waals surface area contributed by atoms with Gasteiger partial charge in [0.1, 0.15) is 0 Å². The van der Waals surface area contributed by atoms with Crippen LogP contribution >= 0.6 is 0 Å². The molecule has 2 aromatic rings. The van der Waals surface area contributed by atoms with E-state index in [-0.39, 0.29) is 0 Å². The first-order chi connectivity index (χ1) is 9.62. The Kier molecular flexibility index (Phi) is 4.71. The van der Waals surface area contributed by atoms with Crippen LogP contribution in [0.4, 0.5) is 0 Å². The molecule has 0 saturated heterocycles. The molecule has 0 amide bonds. The van der Waals surface area contributed by atoms with E-state index in [2.05, 4.69) is 6.58 Å². The van der Waals surface area contributed by atoms with Crippen LogP contribution in [0.25, 0.3) is 0 Å². The molecule has 2 aromatic carbocycles. The van der Waals surface area contributed by atoms with Gasteiger partial charge in [-0.2, -0.15) is 4.31 Å². The summed E-state index contributed by atoms with van der Waals surface area (Å²) in [6, 6.07) is 19.1. The van der Waals surface area contributed by atoms with Gasteiger partial charge in [0.15, 0.2) is 0 Å². The maximum Gasteiger partial charge on any atom is 0.236 e. The summed E-state index contributed by atoms with van der Waals surface area (Å²) in [4.78, 5) is 0. The van der Waals surface area contributed by atoms with E-state index in [0.717, 1.165) is 16.5 Å². The topological polar surface area (TPSA) is 37.4 Å². The van der Waals surface area contributed by atoms with Gasteiger partial charge in [-0.05, 0) is 11.1 Å². The molecule has 0 bridgehead atoms. The predicted octanol–water partition coefficient (Wildman–Crippen LogP) is 3.16. The van der Waals surface area contributed by atoms with Gasteiger partial charge in [-0.25, -0.2) is 8.42 Å². The van der Waals surface area contributed by atoms with E-state index in [1.54, 1.807) is 0 Å². The summed E-state index contributed by atoms with van der Waals surface area (Å²) in [5.74, 6) is 0. The summed E-state index contributed by atoms with van der Waals surface area (Å²) >= 11 is 0. The largest absolute Gasteiger partial charge is 0.236 e. The van der Waals surface area contributed by atoms with Crippen molar-refractivity contribution in [2.75, 3.05) is 0 Å². The lowest BCUT2D eigenvalue weighted by Crippen LogP contribution is -2.28. The van der Waals surface area contributed by atoms with Crippen LogP contribution in [-0.2, 0) is 23.1 Å². The van der Waals surface area contributed by atoms with E-state index in [1.807, 2.05) is 60.7 Å². The fraction of sp³-hybridized carbons (Fsp3) is 0.125. The average Bonchev–Trinajstić information content (AvgIpc) is 2.49. The van der Waals surface area contributed by atoms with Crippen molar-refractivity contribution < 1.29 is 8.42 Å². The Balaban J connectivity index is 2.24. The lowest BCUT2D eigenvalue weighted by Gasteiger charge is -2.20. The maximum absolute atomic E-state index is 12.1. The molecule has 0 aliphatic heterocycles. The van der Waals surface area contributed by atoms with E-state index < -0.39 is 10.0 Å². The van der Waals surface area contributed by atoms with E-state index >= 15 is 0 Å². The molecular weight excluding hydrogens is 270 g/mol. The van der Waals surface area contributed by atoms with Crippen LogP contribution < -0.4 is 0 Å². The summed E-state index contributed by atoms with van der Waals surface area (Å²) in [5, 5.41) is 0.999. The van der Waals surface area contributed by atoms with E-state index in [0.29, 0.717) is 13.1 Å². The molecule has 104 valence electrons. The molecule has 0 N–H and O–H groups in total. The second-order valence-corrected chi connectivity index (χ2v) is 6.33. The first-order valence-corrected chi connectivity index (χ1v) is 7.82. The normalized spacial score (nSPS) is 11.4. The van der Waals surface area contributed by atoms with Gasteiger partial charge in [-0.15, -0.1) is 0 Å². The van der Waals surface area contributed by atoms with Crippen molar-refractivity contribution >= 4 is 10.0 Å². The zero-order valence-corrected chi connectivity index (χ0v) is 12.0. The number of nitrogens with zero attached hydrogens (tertiary/aromatic N) is 1. The summed E-state index contributed by atoms with van der Waals surface area (Å²) in [7, 11) is -3.46. The van der Waals surface area contributed by atoms with Crippen molar-refractivity contribution in [3.8, 4) is 0 Å². The summed E-state index contributed by atoms with van der Waals surface area (Å²) in [6.45, 7) is 4.08. The monoisotopic (exact) mass is 287 g/mol. The van der Waals surface area contributed by atoms with E-state index in [1.165, 1.54) is 4.31 Å². The Bertz CT molecular complexity index is 610. The van der Waals surface area contributed by atoms with Gasteiger partial charge in [0.25, 0.3) is 0 Å². The average molecular weight is 287 g/mol. The third-order valence-corrected chi connectivity index (χ3v) is 4.37. The second-order valence-electron chi connectivity index (χ2n) is 4.45. The quantitative estimate of drug-likeness (QED) is 0.818. The highest BCUT2D eigenvalue weighted by Crippen LogP contribution is 2.15.